The minimum atomic E-state index is 1.10. The molecule has 1 aliphatic rings. The van der Waals surface area contributed by atoms with Crippen molar-refractivity contribution in [3.63, 3.8) is 0 Å². The smallest absolute Gasteiger partial charge is 0.0544 e. The van der Waals surface area contributed by atoms with Gasteiger partial charge in [-0.3, -0.25) is 0 Å². The predicted octanol–water partition coefficient (Wildman–Crippen LogP) is 6.43. The van der Waals surface area contributed by atoms with E-state index in [1.807, 2.05) is 0 Å². The largest absolute Gasteiger partial charge is 0.358 e. The number of nitrogens with one attached hydrogen (secondary N) is 2. The van der Waals surface area contributed by atoms with Crippen LogP contribution in [0.1, 0.15) is 17.7 Å². The van der Waals surface area contributed by atoms with Gasteiger partial charge in [-0.2, -0.15) is 0 Å². The first-order chi connectivity index (χ1) is 12.9. The lowest BCUT2D eigenvalue weighted by Gasteiger charge is -2.06. The zero-order chi connectivity index (χ0) is 17.1. The Morgan fingerprint density at radius 2 is 1.62 bits per heavy atom. The van der Waals surface area contributed by atoms with E-state index in [4.69, 9.17) is 0 Å². The Morgan fingerprint density at radius 1 is 0.731 bits per heavy atom. The lowest BCUT2D eigenvalue weighted by Crippen LogP contribution is -1.90. The Morgan fingerprint density at radius 3 is 2.62 bits per heavy atom. The lowest BCUT2D eigenvalue weighted by atomic mass is 9.98. The number of hydrogen-bond donors (Lipinski definition) is 2. The Labute approximate surface area is 151 Å². The Kier molecular flexibility index (Phi) is 2.75. The zero-order valence-corrected chi connectivity index (χ0v) is 14.3. The zero-order valence-electron chi connectivity index (χ0n) is 14.3. The molecule has 2 heterocycles. The minimum absolute atomic E-state index is 1.10. The van der Waals surface area contributed by atoms with Gasteiger partial charge in [0.05, 0.1) is 5.52 Å². The van der Waals surface area contributed by atoms with Crippen molar-refractivity contribution in [2.24, 2.45) is 0 Å². The second kappa shape index (κ2) is 5.12. The molecule has 0 spiro atoms. The molecule has 0 aliphatic heterocycles. The average molecular weight is 334 g/mol. The lowest BCUT2D eigenvalue weighted by molar-refractivity contribution is 0.951. The van der Waals surface area contributed by atoms with Crippen LogP contribution in [0.4, 0.5) is 0 Å². The maximum atomic E-state index is 3.63. The molecule has 124 valence electrons. The van der Waals surface area contributed by atoms with E-state index < -0.39 is 0 Å². The molecule has 2 N–H and O–H groups in total. The van der Waals surface area contributed by atoms with Crippen molar-refractivity contribution < 1.29 is 0 Å². The third kappa shape index (κ3) is 1.87. The molecular formula is C24H18N2. The quantitative estimate of drug-likeness (QED) is 0.354. The number of fused-ring (bicyclic) bond motifs is 6. The van der Waals surface area contributed by atoms with E-state index in [9.17, 15) is 0 Å². The van der Waals surface area contributed by atoms with Crippen molar-refractivity contribution >= 4 is 38.8 Å². The highest BCUT2D eigenvalue weighted by atomic mass is 14.7. The third-order valence-electron chi connectivity index (χ3n) is 5.62. The van der Waals surface area contributed by atoms with E-state index in [0.29, 0.717) is 0 Å². The molecule has 0 saturated heterocycles. The molecule has 0 atom stereocenters. The highest BCUT2D eigenvalue weighted by Gasteiger charge is 2.14. The van der Waals surface area contributed by atoms with Crippen LogP contribution in [0.15, 0.2) is 66.7 Å². The molecule has 5 aromatic rings. The molecule has 0 bridgehead atoms. The molecule has 0 amide bonds. The molecule has 2 aromatic heterocycles. The van der Waals surface area contributed by atoms with Crippen molar-refractivity contribution in [1.82, 2.24) is 9.97 Å². The van der Waals surface area contributed by atoms with Gasteiger partial charge in [-0.15, -0.1) is 0 Å². The van der Waals surface area contributed by atoms with E-state index in [2.05, 4.69) is 82.8 Å². The van der Waals surface area contributed by atoms with Crippen molar-refractivity contribution in [3.05, 3.63) is 78.0 Å². The standard InChI is InChI=1S/C24H18N2/c1-4-11-22-17(6-1)19-9-5-8-16(24(19)26-22)15-12-13-23-20(14-15)18-7-2-3-10-21(18)25-23/h1-2,4-9,11-14,25-26H,3,10H2. The number of hydrogen-bond acceptors (Lipinski definition) is 0. The molecule has 0 saturated carbocycles. The molecule has 2 nitrogen and oxygen atoms in total. The summed E-state index contributed by atoms with van der Waals surface area (Å²) in [5.41, 5.74) is 8.88. The molecule has 0 fully saturated rings. The fraction of sp³-hybridized carbons (Fsp3) is 0.0833. The summed E-state index contributed by atoms with van der Waals surface area (Å²) in [6.07, 6.45) is 6.78. The summed E-state index contributed by atoms with van der Waals surface area (Å²) in [4.78, 5) is 7.22. The number of aromatic nitrogens is 2. The number of H-pyrrole nitrogens is 2. The summed E-state index contributed by atoms with van der Waals surface area (Å²) in [5.74, 6) is 0. The van der Waals surface area contributed by atoms with Crippen LogP contribution in [0, 0.1) is 0 Å². The third-order valence-corrected chi connectivity index (χ3v) is 5.62. The Bertz CT molecular complexity index is 1330. The van der Waals surface area contributed by atoms with Crippen molar-refractivity contribution in [2.75, 3.05) is 0 Å². The first-order valence-corrected chi connectivity index (χ1v) is 9.19. The van der Waals surface area contributed by atoms with Gasteiger partial charge >= 0.3 is 0 Å². The molecule has 2 heteroatoms. The van der Waals surface area contributed by atoms with Gasteiger partial charge in [-0.1, -0.05) is 54.6 Å². The minimum Gasteiger partial charge on any atom is -0.358 e. The van der Waals surface area contributed by atoms with Crippen molar-refractivity contribution in [3.8, 4) is 11.1 Å². The second-order valence-corrected chi connectivity index (χ2v) is 7.12. The van der Waals surface area contributed by atoms with Crippen LogP contribution in [0.3, 0.4) is 0 Å². The summed E-state index contributed by atoms with van der Waals surface area (Å²) in [6, 6.07) is 21.9. The fourth-order valence-corrected chi connectivity index (χ4v) is 4.37. The molecule has 1 aliphatic carbocycles. The average Bonchev–Trinajstić information content (AvgIpc) is 3.25. The van der Waals surface area contributed by atoms with Crippen LogP contribution in [0.5, 0.6) is 0 Å². The van der Waals surface area contributed by atoms with Gasteiger partial charge in [0.1, 0.15) is 0 Å². The van der Waals surface area contributed by atoms with E-state index in [1.54, 1.807) is 0 Å². The first-order valence-electron chi connectivity index (χ1n) is 9.19. The molecule has 3 aromatic carbocycles. The van der Waals surface area contributed by atoms with Crippen LogP contribution < -0.4 is 0 Å². The maximum absolute atomic E-state index is 3.63. The van der Waals surface area contributed by atoms with E-state index in [-0.39, 0.29) is 0 Å². The van der Waals surface area contributed by atoms with E-state index in [0.717, 1.165) is 12.8 Å². The highest BCUT2D eigenvalue weighted by molar-refractivity contribution is 6.12. The van der Waals surface area contributed by atoms with Crippen LogP contribution in [0.2, 0.25) is 0 Å². The van der Waals surface area contributed by atoms with Gasteiger partial charge in [0, 0.05) is 44.0 Å². The van der Waals surface area contributed by atoms with E-state index in [1.165, 1.54) is 55.1 Å². The van der Waals surface area contributed by atoms with E-state index >= 15 is 0 Å². The number of rotatable bonds is 1. The maximum Gasteiger partial charge on any atom is 0.0544 e. The van der Waals surface area contributed by atoms with Gasteiger partial charge in [-0.05, 0) is 36.6 Å². The number of benzene rings is 3. The monoisotopic (exact) mass is 334 g/mol. The van der Waals surface area contributed by atoms with Crippen LogP contribution >= 0.6 is 0 Å². The highest BCUT2D eigenvalue weighted by Crippen LogP contribution is 2.36. The van der Waals surface area contributed by atoms with Crippen molar-refractivity contribution in [2.45, 2.75) is 12.8 Å². The summed E-state index contributed by atoms with van der Waals surface area (Å²) in [7, 11) is 0. The normalized spacial score (nSPS) is 13.7. The van der Waals surface area contributed by atoms with Gasteiger partial charge < -0.3 is 9.97 Å². The topological polar surface area (TPSA) is 31.6 Å². The molecule has 26 heavy (non-hydrogen) atoms. The Balaban J connectivity index is 1.64. The number of allylic oxidation sites excluding steroid dienone is 1. The van der Waals surface area contributed by atoms with Gasteiger partial charge in [-0.25, -0.2) is 0 Å². The van der Waals surface area contributed by atoms with Gasteiger partial charge in [0.15, 0.2) is 0 Å². The number of para-hydroxylation sites is 2. The van der Waals surface area contributed by atoms with Crippen LogP contribution in [-0.4, -0.2) is 9.97 Å². The first kappa shape index (κ1) is 14.0. The summed E-state index contributed by atoms with van der Waals surface area (Å²) in [6.45, 7) is 0. The van der Waals surface area contributed by atoms with Crippen LogP contribution in [-0.2, 0) is 6.42 Å². The number of aromatic amines is 2. The SMILES string of the molecule is C1=Cc2c([nH]c3ccc(-c4cccc5c4[nH]c4ccccc45)cc23)CC1. The summed E-state index contributed by atoms with van der Waals surface area (Å²) < 4.78 is 0. The molecular weight excluding hydrogens is 316 g/mol. The Hall–Kier alpha value is -3.26. The molecule has 6 rings (SSSR count). The van der Waals surface area contributed by atoms with Gasteiger partial charge in [0.2, 0.25) is 0 Å². The number of aryl methyl sites for hydroxylation is 1. The van der Waals surface area contributed by atoms with Crippen molar-refractivity contribution in [1.29, 1.82) is 0 Å². The summed E-state index contributed by atoms with van der Waals surface area (Å²) >= 11 is 0. The molecule has 0 radical (unpaired) electrons. The van der Waals surface area contributed by atoms with Crippen LogP contribution in [0.25, 0.3) is 49.9 Å². The second-order valence-electron chi connectivity index (χ2n) is 7.12. The molecule has 0 unspecified atom stereocenters. The van der Waals surface area contributed by atoms with Gasteiger partial charge in [0.25, 0.3) is 0 Å². The fourth-order valence-electron chi connectivity index (χ4n) is 4.37. The predicted molar refractivity (Wildman–Crippen MR) is 110 cm³/mol. The summed E-state index contributed by atoms with van der Waals surface area (Å²) in [5, 5.41) is 3.89.